The number of nitrogens with zero attached hydrogens (tertiary/aromatic N) is 6. The van der Waals surface area contributed by atoms with Gasteiger partial charge in [-0.2, -0.15) is 0 Å². The Morgan fingerprint density at radius 3 is 2.17 bits per heavy atom. The van der Waals surface area contributed by atoms with E-state index in [9.17, 15) is 4.79 Å². The van der Waals surface area contributed by atoms with Crippen LogP contribution in [0.4, 0.5) is 11.6 Å². The van der Waals surface area contributed by atoms with Gasteiger partial charge in [-0.05, 0) is 20.8 Å². The maximum Gasteiger partial charge on any atom is 0.227 e. The van der Waals surface area contributed by atoms with Crippen molar-refractivity contribution in [2.75, 3.05) is 62.3 Å². The fourth-order valence-corrected chi connectivity index (χ4v) is 3.86. The van der Waals surface area contributed by atoms with Gasteiger partial charge in [-0.15, -0.1) is 0 Å². The van der Waals surface area contributed by atoms with Crippen LogP contribution in [0.1, 0.15) is 22.8 Å². The molecule has 1 amide bonds. The topological polar surface area (TPSA) is 87.8 Å². The predicted molar refractivity (Wildman–Crippen MR) is 108 cm³/mol. The third kappa shape index (κ3) is 4.34. The van der Waals surface area contributed by atoms with Crippen molar-refractivity contribution in [3.05, 3.63) is 28.9 Å². The van der Waals surface area contributed by atoms with Crippen LogP contribution < -0.4 is 9.80 Å². The first-order valence-corrected chi connectivity index (χ1v) is 10.1. The van der Waals surface area contributed by atoms with Crippen molar-refractivity contribution in [2.24, 2.45) is 0 Å². The van der Waals surface area contributed by atoms with Gasteiger partial charge >= 0.3 is 0 Å². The largest absolute Gasteiger partial charge is 0.378 e. The Morgan fingerprint density at radius 2 is 1.59 bits per heavy atom. The molecule has 29 heavy (non-hydrogen) atoms. The molecule has 0 aromatic carbocycles. The zero-order valence-electron chi connectivity index (χ0n) is 17.3. The molecule has 2 aromatic heterocycles. The van der Waals surface area contributed by atoms with Gasteiger partial charge in [0.25, 0.3) is 0 Å². The number of carbonyl (C=O) groups is 1. The van der Waals surface area contributed by atoms with E-state index >= 15 is 0 Å². The van der Waals surface area contributed by atoms with E-state index in [-0.39, 0.29) is 5.91 Å². The number of aromatic nitrogens is 3. The quantitative estimate of drug-likeness (QED) is 0.755. The molecule has 0 N–H and O–H groups in total. The molecule has 9 heteroatoms. The minimum absolute atomic E-state index is 0.118. The Hall–Kier alpha value is -2.68. The van der Waals surface area contributed by atoms with Gasteiger partial charge in [0.1, 0.15) is 23.2 Å². The van der Waals surface area contributed by atoms with Crippen molar-refractivity contribution >= 4 is 17.5 Å². The van der Waals surface area contributed by atoms with Crippen LogP contribution >= 0.6 is 0 Å². The lowest BCUT2D eigenvalue weighted by Gasteiger charge is -2.36. The van der Waals surface area contributed by atoms with Crippen LogP contribution in [0.15, 0.2) is 10.6 Å². The highest BCUT2D eigenvalue weighted by molar-refractivity contribution is 5.79. The molecule has 0 aliphatic carbocycles. The lowest BCUT2D eigenvalue weighted by molar-refractivity contribution is -0.130. The van der Waals surface area contributed by atoms with Crippen LogP contribution in [0.25, 0.3) is 0 Å². The normalized spacial score (nSPS) is 17.7. The average Bonchev–Trinajstić information content (AvgIpc) is 3.06. The minimum atomic E-state index is 0.118. The summed E-state index contributed by atoms with van der Waals surface area (Å²) in [5.41, 5.74) is 1.69. The second-order valence-electron chi connectivity index (χ2n) is 7.58. The van der Waals surface area contributed by atoms with Crippen LogP contribution in [-0.4, -0.2) is 78.4 Å². The third-order valence-corrected chi connectivity index (χ3v) is 5.61. The number of amides is 1. The molecular weight excluding hydrogens is 372 g/mol. The van der Waals surface area contributed by atoms with Gasteiger partial charge in [0.2, 0.25) is 5.91 Å². The fraction of sp³-hybridized carbons (Fsp3) is 0.600. The molecule has 0 atom stereocenters. The molecule has 2 aliphatic heterocycles. The molecule has 4 heterocycles. The van der Waals surface area contributed by atoms with Crippen molar-refractivity contribution in [2.45, 2.75) is 27.2 Å². The average molecular weight is 400 g/mol. The van der Waals surface area contributed by atoms with Crippen LogP contribution in [0.2, 0.25) is 0 Å². The highest BCUT2D eigenvalue weighted by atomic mass is 16.5. The lowest BCUT2D eigenvalue weighted by atomic mass is 10.1. The van der Waals surface area contributed by atoms with Crippen molar-refractivity contribution in [3.8, 4) is 0 Å². The summed E-state index contributed by atoms with van der Waals surface area (Å²) in [5, 5.41) is 3.94. The number of aryl methyl sites for hydroxylation is 3. The van der Waals surface area contributed by atoms with E-state index in [4.69, 9.17) is 9.26 Å². The molecule has 2 saturated heterocycles. The molecule has 2 aliphatic rings. The summed E-state index contributed by atoms with van der Waals surface area (Å²) < 4.78 is 10.6. The number of carbonyl (C=O) groups excluding carboxylic acids is 1. The van der Waals surface area contributed by atoms with Gasteiger partial charge in [0.15, 0.2) is 0 Å². The zero-order valence-corrected chi connectivity index (χ0v) is 17.3. The standard InChI is InChI=1S/C20H28N6O3/c1-14-17(15(2)29-23-14)12-20(27)26-6-4-24(5-7-26)18-13-19(22-16(3)21-18)25-8-10-28-11-9-25/h13H,4-12H2,1-3H3. The van der Waals surface area contributed by atoms with Crippen molar-refractivity contribution in [1.29, 1.82) is 0 Å². The van der Waals surface area contributed by atoms with Crippen LogP contribution in [0.5, 0.6) is 0 Å². The van der Waals surface area contributed by atoms with Crippen molar-refractivity contribution in [3.63, 3.8) is 0 Å². The number of anilines is 2. The molecule has 4 rings (SSSR count). The molecule has 0 radical (unpaired) electrons. The molecule has 0 unspecified atom stereocenters. The number of piperazine rings is 1. The van der Waals surface area contributed by atoms with Gasteiger partial charge in [0.05, 0.1) is 25.3 Å². The molecule has 156 valence electrons. The maximum atomic E-state index is 12.7. The van der Waals surface area contributed by atoms with Gasteiger partial charge in [-0.3, -0.25) is 4.79 Å². The van der Waals surface area contributed by atoms with Gasteiger partial charge in [-0.25, -0.2) is 9.97 Å². The van der Waals surface area contributed by atoms with Gasteiger partial charge in [-0.1, -0.05) is 5.16 Å². The summed E-state index contributed by atoms with van der Waals surface area (Å²) in [6, 6.07) is 2.06. The lowest BCUT2D eigenvalue weighted by Crippen LogP contribution is -2.49. The van der Waals surface area contributed by atoms with Gasteiger partial charge < -0.3 is 24.0 Å². The minimum Gasteiger partial charge on any atom is -0.378 e. The fourth-order valence-electron chi connectivity index (χ4n) is 3.86. The summed E-state index contributed by atoms with van der Waals surface area (Å²) in [7, 11) is 0. The molecule has 9 nitrogen and oxygen atoms in total. The summed E-state index contributed by atoms with van der Waals surface area (Å²) in [4.78, 5) is 28.4. The SMILES string of the molecule is Cc1nc(N2CCOCC2)cc(N2CCN(C(=O)Cc3c(C)noc3C)CC2)n1. The maximum absolute atomic E-state index is 12.7. The Balaban J connectivity index is 1.39. The highest BCUT2D eigenvalue weighted by Gasteiger charge is 2.25. The summed E-state index contributed by atoms with van der Waals surface area (Å²) >= 11 is 0. The van der Waals surface area contributed by atoms with Crippen molar-refractivity contribution < 1.29 is 14.1 Å². The Bertz CT molecular complexity index is 850. The predicted octanol–water partition coefficient (Wildman–Crippen LogP) is 1.12. The summed E-state index contributed by atoms with van der Waals surface area (Å²) in [5.74, 6) is 3.49. The second-order valence-corrected chi connectivity index (χ2v) is 7.58. The zero-order chi connectivity index (χ0) is 20.4. The van der Waals surface area contributed by atoms with E-state index in [1.54, 1.807) is 0 Å². The Labute approximate surface area is 170 Å². The van der Waals surface area contributed by atoms with E-state index in [1.165, 1.54) is 0 Å². The molecule has 2 fully saturated rings. The Morgan fingerprint density at radius 1 is 0.966 bits per heavy atom. The highest BCUT2D eigenvalue weighted by Crippen LogP contribution is 2.22. The first kappa shape index (κ1) is 19.6. The molecular formula is C20H28N6O3. The molecule has 0 saturated carbocycles. The molecule has 2 aromatic rings. The monoisotopic (exact) mass is 400 g/mol. The second kappa shape index (κ2) is 8.36. The van der Waals surface area contributed by atoms with Gasteiger partial charge in [0, 0.05) is 50.9 Å². The number of rotatable bonds is 4. The molecule has 0 spiro atoms. The third-order valence-electron chi connectivity index (χ3n) is 5.61. The van der Waals surface area contributed by atoms with E-state index in [2.05, 4.69) is 31.0 Å². The number of hydrogen-bond acceptors (Lipinski definition) is 8. The number of ether oxygens (including phenoxy) is 1. The molecule has 0 bridgehead atoms. The van der Waals surface area contributed by atoms with Crippen molar-refractivity contribution in [1.82, 2.24) is 20.0 Å². The van der Waals surface area contributed by atoms with E-state index in [0.29, 0.717) is 19.5 Å². The first-order chi connectivity index (χ1) is 14.0. The van der Waals surface area contributed by atoms with E-state index < -0.39 is 0 Å². The summed E-state index contributed by atoms with van der Waals surface area (Å²) in [6.07, 6.45) is 0.342. The van der Waals surface area contributed by atoms with Crippen LogP contribution in [0.3, 0.4) is 0 Å². The number of hydrogen-bond donors (Lipinski definition) is 0. The Kier molecular flexibility index (Phi) is 5.66. The van der Waals surface area contributed by atoms with E-state index in [1.807, 2.05) is 25.7 Å². The smallest absolute Gasteiger partial charge is 0.227 e. The first-order valence-electron chi connectivity index (χ1n) is 10.1. The van der Waals surface area contributed by atoms with Crippen LogP contribution in [0, 0.1) is 20.8 Å². The summed E-state index contributed by atoms with van der Waals surface area (Å²) in [6.45, 7) is 11.7. The van der Waals surface area contributed by atoms with Crippen LogP contribution in [-0.2, 0) is 16.0 Å². The van der Waals surface area contributed by atoms with E-state index in [0.717, 1.165) is 73.9 Å². The number of morpholine rings is 1.